The van der Waals surface area contributed by atoms with E-state index in [1.165, 1.54) is 15.3 Å². The number of rotatable bonds is 10. The first kappa shape index (κ1) is 23.3. The Morgan fingerprint density at radius 2 is 2.28 bits per heavy atom. The molecular weight excluding hydrogens is 424 g/mol. The predicted molar refractivity (Wildman–Crippen MR) is 127 cm³/mol. The lowest BCUT2D eigenvalue weighted by Crippen LogP contribution is -2.50. The van der Waals surface area contributed by atoms with Crippen molar-refractivity contribution < 1.29 is 14.4 Å². The second-order valence-electron chi connectivity index (χ2n) is 8.59. The molecule has 0 radical (unpaired) electrons. The third-order valence-corrected chi connectivity index (χ3v) is 7.42. The lowest BCUT2D eigenvalue weighted by atomic mass is 10.1. The summed E-state index contributed by atoms with van der Waals surface area (Å²) in [4.78, 5) is 27.6. The quantitative estimate of drug-likeness (QED) is 0.421. The van der Waals surface area contributed by atoms with Gasteiger partial charge in [-0.3, -0.25) is 9.78 Å². The molecule has 0 aromatic carbocycles. The zero-order valence-electron chi connectivity index (χ0n) is 19.2. The number of morpholine rings is 1. The average Bonchev–Trinajstić information content (AvgIpc) is 3.55. The van der Waals surface area contributed by atoms with E-state index >= 15 is 0 Å². The Bertz CT molecular complexity index is 908. The van der Waals surface area contributed by atoms with Crippen molar-refractivity contribution in [3.05, 3.63) is 40.4 Å². The van der Waals surface area contributed by atoms with Crippen molar-refractivity contribution in [1.29, 1.82) is 0 Å². The molecule has 174 valence electrons. The summed E-state index contributed by atoms with van der Waals surface area (Å²) in [6, 6.07) is 8.78. The number of nitrogens with zero attached hydrogens (tertiary/aromatic N) is 2. The van der Waals surface area contributed by atoms with Crippen molar-refractivity contribution in [2.24, 2.45) is 0 Å². The molecule has 1 aliphatic heterocycles. The Morgan fingerprint density at radius 3 is 2.97 bits per heavy atom. The Balaban J connectivity index is 1.60. The number of pyridine rings is 1. The number of thiophene rings is 1. The van der Waals surface area contributed by atoms with Gasteiger partial charge in [-0.2, -0.15) is 0 Å². The van der Waals surface area contributed by atoms with Gasteiger partial charge in [0.05, 0.1) is 30.3 Å². The van der Waals surface area contributed by atoms with Gasteiger partial charge >= 0.3 is 0 Å². The van der Waals surface area contributed by atoms with Gasteiger partial charge in [0, 0.05) is 36.2 Å². The standard InChI is InChI=1S/C24H34N4O3S/c1-16-6-4-8-20(27-16)23-18(7-5-11-26-30-3)14-22(32-23)17(2)28(19-9-10-19)24(29)21-15-25-12-13-31-21/h4,6,8,14,17,19,21,25-26H,5,7,9-13,15H2,1-3H3/t17-,21-/m1/s1. The smallest absolute Gasteiger partial charge is 0.253 e. The molecule has 8 heteroatoms. The maximum Gasteiger partial charge on any atom is 0.253 e. The minimum atomic E-state index is -0.385. The van der Waals surface area contributed by atoms with Crippen LogP contribution in [0.1, 0.15) is 48.4 Å². The Kier molecular flexibility index (Phi) is 7.91. The molecule has 2 aliphatic rings. The van der Waals surface area contributed by atoms with E-state index < -0.39 is 0 Å². The number of hydrogen-bond acceptors (Lipinski definition) is 7. The monoisotopic (exact) mass is 458 g/mol. The van der Waals surface area contributed by atoms with Crippen LogP contribution in [0.5, 0.6) is 0 Å². The minimum Gasteiger partial charge on any atom is -0.366 e. The van der Waals surface area contributed by atoms with Crippen LogP contribution in [0.25, 0.3) is 10.6 Å². The van der Waals surface area contributed by atoms with Gasteiger partial charge in [-0.25, -0.2) is 5.48 Å². The van der Waals surface area contributed by atoms with E-state index in [4.69, 9.17) is 14.6 Å². The molecule has 3 heterocycles. The topological polar surface area (TPSA) is 75.7 Å². The summed E-state index contributed by atoms with van der Waals surface area (Å²) >= 11 is 1.77. The first-order valence-corrected chi connectivity index (χ1v) is 12.4. The van der Waals surface area contributed by atoms with Crippen LogP contribution in [0.4, 0.5) is 0 Å². The molecular formula is C24H34N4O3S. The number of nitrogens with one attached hydrogen (secondary N) is 2. The molecule has 2 atom stereocenters. The van der Waals surface area contributed by atoms with E-state index in [1.807, 2.05) is 13.0 Å². The SMILES string of the molecule is CONCCCc1cc([C@@H](C)N(C(=O)[C@H]2CNCCO2)C2CC2)sc1-c1cccc(C)n1. The fourth-order valence-corrected chi connectivity index (χ4v) is 5.48. The predicted octanol–water partition coefficient (Wildman–Crippen LogP) is 3.24. The van der Waals surface area contributed by atoms with Gasteiger partial charge in [-0.05, 0) is 63.3 Å². The number of hydroxylamine groups is 1. The van der Waals surface area contributed by atoms with Crippen LogP contribution in [0.15, 0.2) is 24.3 Å². The van der Waals surface area contributed by atoms with Crippen molar-refractivity contribution in [3.8, 4) is 10.6 Å². The van der Waals surface area contributed by atoms with Crippen molar-refractivity contribution in [1.82, 2.24) is 20.7 Å². The van der Waals surface area contributed by atoms with Crippen molar-refractivity contribution >= 4 is 17.2 Å². The molecule has 1 saturated carbocycles. The molecule has 2 aromatic rings. The number of hydrogen-bond donors (Lipinski definition) is 2. The number of carbonyl (C=O) groups is 1. The normalized spacial score (nSPS) is 19.7. The highest BCUT2D eigenvalue weighted by atomic mass is 32.1. The first-order valence-electron chi connectivity index (χ1n) is 11.6. The summed E-state index contributed by atoms with van der Waals surface area (Å²) in [5.41, 5.74) is 6.22. The minimum absolute atomic E-state index is 0.0138. The summed E-state index contributed by atoms with van der Waals surface area (Å²) in [5, 5.41) is 3.29. The Labute approximate surface area is 194 Å². The second kappa shape index (κ2) is 10.9. The van der Waals surface area contributed by atoms with E-state index in [0.717, 1.165) is 50.2 Å². The van der Waals surface area contributed by atoms with E-state index in [1.54, 1.807) is 18.4 Å². The molecule has 2 aromatic heterocycles. The summed E-state index contributed by atoms with van der Waals surface area (Å²) in [5.74, 6) is 0.113. The van der Waals surface area contributed by atoms with Gasteiger partial charge in [-0.15, -0.1) is 11.3 Å². The highest BCUT2D eigenvalue weighted by molar-refractivity contribution is 7.15. The van der Waals surface area contributed by atoms with Crippen LogP contribution >= 0.6 is 11.3 Å². The largest absolute Gasteiger partial charge is 0.366 e. The van der Waals surface area contributed by atoms with Gasteiger partial charge in [-0.1, -0.05) is 6.07 Å². The van der Waals surface area contributed by atoms with Crippen LogP contribution in [0, 0.1) is 6.92 Å². The third-order valence-electron chi connectivity index (χ3n) is 6.05. The molecule has 7 nitrogen and oxygen atoms in total. The van der Waals surface area contributed by atoms with Gasteiger partial charge in [0.15, 0.2) is 0 Å². The van der Waals surface area contributed by atoms with E-state index in [2.05, 4.69) is 40.8 Å². The summed E-state index contributed by atoms with van der Waals surface area (Å²) in [6.45, 7) is 6.95. The lowest BCUT2D eigenvalue weighted by molar-refractivity contribution is -0.148. The first-order chi connectivity index (χ1) is 15.6. The summed E-state index contributed by atoms with van der Waals surface area (Å²) in [7, 11) is 1.64. The van der Waals surface area contributed by atoms with Crippen LogP contribution in [0.3, 0.4) is 0 Å². The molecule has 1 aliphatic carbocycles. The van der Waals surface area contributed by atoms with Crippen LogP contribution in [-0.2, 0) is 20.8 Å². The van der Waals surface area contributed by atoms with Crippen molar-refractivity contribution in [2.75, 3.05) is 33.4 Å². The zero-order valence-corrected chi connectivity index (χ0v) is 20.0. The van der Waals surface area contributed by atoms with Gasteiger partial charge in [0.2, 0.25) is 0 Å². The van der Waals surface area contributed by atoms with Crippen LogP contribution in [0.2, 0.25) is 0 Å². The molecule has 4 rings (SSSR count). The zero-order chi connectivity index (χ0) is 22.5. The maximum atomic E-state index is 13.4. The van der Waals surface area contributed by atoms with E-state index in [0.29, 0.717) is 19.2 Å². The third kappa shape index (κ3) is 5.55. The highest BCUT2D eigenvalue weighted by Gasteiger charge is 2.40. The summed E-state index contributed by atoms with van der Waals surface area (Å²) in [6.07, 6.45) is 3.65. The molecule has 1 amide bonds. The van der Waals surface area contributed by atoms with E-state index in [-0.39, 0.29) is 18.1 Å². The second-order valence-corrected chi connectivity index (χ2v) is 9.67. The maximum absolute atomic E-state index is 13.4. The van der Waals surface area contributed by atoms with E-state index in [9.17, 15) is 4.79 Å². The molecule has 0 bridgehead atoms. The fourth-order valence-electron chi connectivity index (χ4n) is 4.25. The van der Waals surface area contributed by atoms with Crippen molar-refractivity contribution in [2.45, 2.75) is 57.7 Å². The lowest BCUT2D eigenvalue weighted by Gasteiger charge is -2.33. The number of aryl methyl sites for hydroxylation is 2. The number of amides is 1. The molecule has 0 spiro atoms. The summed E-state index contributed by atoms with van der Waals surface area (Å²) < 4.78 is 5.79. The van der Waals surface area contributed by atoms with Crippen molar-refractivity contribution in [3.63, 3.8) is 0 Å². The van der Waals surface area contributed by atoms with Gasteiger partial charge in [0.25, 0.3) is 5.91 Å². The molecule has 32 heavy (non-hydrogen) atoms. The Morgan fingerprint density at radius 1 is 1.44 bits per heavy atom. The molecule has 0 unspecified atom stereocenters. The average molecular weight is 459 g/mol. The number of aromatic nitrogens is 1. The molecule has 2 fully saturated rings. The number of ether oxygens (including phenoxy) is 1. The molecule has 2 N–H and O–H groups in total. The highest BCUT2D eigenvalue weighted by Crippen LogP contribution is 2.41. The fraction of sp³-hybridized carbons (Fsp3) is 0.583. The number of carbonyl (C=O) groups excluding carboxylic acids is 1. The van der Waals surface area contributed by atoms with Crippen LogP contribution in [-0.4, -0.2) is 61.3 Å². The Hall–Kier alpha value is -1.84. The van der Waals surface area contributed by atoms with Crippen LogP contribution < -0.4 is 10.8 Å². The van der Waals surface area contributed by atoms with Gasteiger partial charge < -0.3 is 19.8 Å². The molecule has 1 saturated heterocycles. The van der Waals surface area contributed by atoms with Gasteiger partial charge in [0.1, 0.15) is 6.10 Å².